The zero-order valence-electron chi connectivity index (χ0n) is 26.2. The number of hydrogen-bond donors (Lipinski definition) is 2. The van der Waals surface area contributed by atoms with E-state index in [4.69, 9.17) is 14.7 Å². The Kier molecular flexibility index (Phi) is 8.37. The lowest BCUT2D eigenvalue weighted by molar-refractivity contribution is 0.249. The summed E-state index contributed by atoms with van der Waals surface area (Å²) in [7, 11) is 3.85. The third kappa shape index (κ3) is 6.17. The molecule has 3 aromatic heterocycles. The Morgan fingerprint density at radius 1 is 0.978 bits per heavy atom. The highest BCUT2D eigenvalue weighted by molar-refractivity contribution is 7.92. The van der Waals surface area contributed by atoms with Crippen LogP contribution in [0.1, 0.15) is 18.4 Å². The number of nitrogens with one attached hydrogen (secondary N) is 2. The maximum atomic E-state index is 12.7. The van der Waals surface area contributed by atoms with E-state index in [2.05, 4.69) is 63.6 Å². The lowest BCUT2D eigenvalue weighted by Gasteiger charge is -2.37. The molecule has 45 heavy (non-hydrogen) atoms. The summed E-state index contributed by atoms with van der Waals surface area (Å²) in [6.07, 6.45) is 6.51. The number of methoxy groups -OCH3 is 1. The molecule has 236 valence electrons. The Morgan fingerprint density at radius 2 is 1.73 bits per heavy atom. The lowest BCUT2D eigenvalue weighted by Crippen LogP contribution is -2.42. The van der Waals surface area contributed by atoms with Crippen LogP contribution in [0.5, 0.6) is 5.75 Å². The topological polar surface area (TPSA) is 129 Å². The molecule has 0 spiro atoms. The predicted molar refractivity (Wildman–Crippen MR) is 183 cm³/mol. The van der Waals surface area contributed by atoms with Gasteiger partial charge >= 0.3 is 0 Å². The number of rotatable bonds is 9. The lowest BCUT2D eigenvalue weighted by atomic mass is 10.0. The standard InChI is InChI=1S/C31H37N9O3S2/c1-19-17-24(26(43-5)18-25(19)40-14-9-20(10-15-40)38(2)3)36-31-35-23-11-16-44-29(23)30(37-31)34-22-8-7-21-27(33-13-12-32-21)28(22)39(4)45(6,41)42/h7-8,11-13,16-18,20H,9-10,14-15H2,1-6H3,(H2,34,35,36,37). The molecule has 0 aliphatic carbocycles. The van der Waals surface area contributed by atoms with Crippen LogP contribution in [0.3, 0.4) is 0 Å². The second kappa shape index (κ2) is 12.3. The summed E-state index contributed by atoms with van der Waals surface area (Å²) >= 11 is 1.49. The van der Waals surface area contributed by atoms with Gasteiger partial charge in [0.1, 0.15) is 17.0 Å². The number of sulfonamides is 1. The normalized spacial score (nSPS) is 14.3. The first-order valence-electron chi connectivity index (χ1n) is 14.6. The molecule has 1 fully saturated rings. The van der Waals surface area contributed by atoms with Crippen LogP contribution in [-0.4, -0.2) is 86.9 Å². The van der Waals surface area contributed by atoms with Gasteiger partial charge in [-0.15, -0.1) is 11.3 Å². The van der Waals surface area contributed by atoms with Crippen molar-refractivity contribution in [2.24, 2.45) is 0 Å². The first-order valence-corrected chi connectivity index (χ1v) is 17.3. The highest BCUT2D eigenvalue weighted by Gasteiger charge is 2.24. The molecule has 5 aromatic rings. The molecule has 1 aliphatic heterocycles. The van der Waals surface area contributed by atoms with Crippen molar-refractivity contribution in [3.05, 3.63) is 53.7 Å². The molecule has 12 nitrogen and oxygen atoms in total. The van der Waals surface area contributed by atoms with E-state index >= 15 is 0 Å². The fourth-order valence-electron chi connectivity index (χ4n) is 5.77. The van der Waals surface area contributed by atoms with E-state index in [-0.39, 0.29) is 0 Å². The van der Waals surface area contributed by atoms with Crippen molar-refractivity contribution in [2.45, 2.75) is 25.8 Å². The van der Waals surface area contributed by atoms with Gasteiger partial charge in [-0.25, -0.2) is 13.4 Å². The molecule has 2 aromatic carbocycles. The number of fused-ring (bicyclic) bond motifs is 2. The molecular formula is C31H37N9O3S2. The minimum Gasteiger partial charge on any atom is -0.494 e. The van der Waals surface area contributed by atoms with Gasteiger partial charge in [0.15, 0.2) is 5.82 Å². The van der Waals surface area contributed by atoms with Crippen molar-refractivity contribution in [3.63, 3.8) is 0 Å². The van der Waals surface area contributed by atoms with Gasteiger partial charge < -0.3 is 25.2 Å². The van der Waals surface area contributed by atoms with E-state index in [0.29, 0.717) is 46.0 Å². The molecule has 0 amide bonds. The van der Waals surface area contributed by atoms with Crippen molar-refractivity contribution in [1.82, 2.24) is 24.8 Å². The molecule has 14 heteroatoms. The average Bonchev–Trinajstić information content (AvgIpc) is 3.49. The Morgan fingerprint density at radius 3 is 2.44 bits per heavy atom. The van der Waals surface area contributed by atoms with E-state index < -0.39 is 10.0 Å². The van der Waals surface area contributed by atoms with Gasteiger partial charge in [-0.2, -0.15) is 4.98 Å². The molecular weight excluding hydrogens is 611 g/mol. The zero-order chi connectivity index (χ0) is 31.9. The predicted octanol–water partition coefficient (Wildman–Crippen LogP) is 5.36. The maximum Gasteiger partial charge on any atom is 0.232 e. The fraction of sp³-hybridized carbons (Fsp3) is 0.355. The number of nitrogens with zero attached hydrogens (tertiary/aromatic N) is 7. The Hall–Kier alpha value is -4.27. The van der Waals surface area contributed by atoms with E-state index in [1.165, 1.54) is 22.7 Å². The number of piperidine rings is 1. The van der Waals surface area contributed by atoms with Gasteiger partial charge in [-0.1, -0.05) is 0 Å². The van der Waals surface area contributed by atoms with Gasteiger partial charge in [0.25, 0.3) is 0 Å². The first kappa shape index (κ1) is 30.7. The molecule has 0 atom stereocenters. The van der Waals surface area contributed by atoms with Gasteiger partial charge in [-0.05, 0) is 69.1 Å². The van der Waals surface area contributed by atoms with E-state index in [0.717, 1.165) is 59.3 Å². The highest BCUT2D eigenvalue weighted by atomic mass is 32.2. The molecule has 1 aliphatic rings. The average molecular weight is 648 g/mol. The smallest absolute Gasteiger partial charge is 0.232 e. The van der Waals surface area contributed by atoms with E-state index in [9.17, 15) is 8.42 Å². The maximum absolute atomic E-state index is 12.7. The van der Waals surface area contributed by atoms with Crippen LogP contribution in [0.25, 0.3) is 21.3 Å². The monoisotopic (exact) mass is 647 g/mol. The van der Waals surface area contributed by atoms with Crippen molar-refractivity contribution in [3.8, 4) is 5.75 Å². The summed E-state index contributed by atoms with van der Waals surface area (Å²) in [4.78, 5) is 23.2. The summed E-state index contributed by atoms with van der Waals surface area (Å²) in [5, 5.41) is 8.71. The van der Waals surface area contributed by atoms with E-state index in [1.807, 2.05) is 11.4 Å². The summed E-state index contributed by atoms with van der Waals surface area (Å²) in [5.41, 5.74) is 5.71. The second-order valence-electron chi connectivity index (χ2n) is 11.4. The molecule has 4 heterocycles. The van der Waals surface area contributed by atoms with Crippen LogP contribution in [-0.2, 0) is 10.0 Å². The van der Waals surface area contributed by atoms with Crippen molar-refractivity contribution in [2.75, 3.05) is 67.4 Å². The Balaban J connectivity index is 1.35. The van der Waals surface area contributed by atoms with Crippen LogP contribution in [0.2, 0.25) is 0 Å². The minimum atomic E-state index is -3.61. The number of thiophene rings is 1. The molecule has 2 N–H and O–H groups in total. The van der Waals surface area contributed by atoms with Crippen LogP contribution in [0.4, 0.5) is 34.5 Å². The summed E-state index contributed by atoms with van der Waals surface area (Å²) in [6.45, 7) is 4.09. The van der Waals surface area contributed by atoms with Gasteiger partial charge in [-0.3, -0.25) is 14.3 Å². The third-order valence-corrected chi connectivity index (χ3v) is 10.4. The number of hydrogen-bond acceptors (Lipinski definition) is 12. The molecule has 0 bridgehead atoms. The molecule has 0 saturated carbocycles. The fourth-order valence-corrected chi connectivity index (χ4v) is 7.06. The Labute approximate surface area is 267 Å². The number of aromatic nitrogens is 4. The summed E-state index contributed by atoms with van der Waals surface area (Å²) in [5.74, 6) is 1.60. The number of benzene rings is 2. The number of ether oxygens (including phenoxy) is 1. The van der Waals surface area contributed by atoms with Crippen LogP contribution in [0.15, 0.2) is 48.1 Å². The number of anilines is 6. The summed E-state index contributed by atoms with van der Waals surface area (Å²) in [6, 6.07) is 10.3. The molecule has 0 radical (unpaired) electrons. The quantitative estimate of drug-likeness (QED) is 0.214. The first-order chi connectivity index (χ1) is 21.5. The molecule has 1 saturated heterocycles. The largest absolute Gasteiger partial charge is 0.494 e. The molecule has 6 rings (SSSR count). The van der Waals surface area contributed by atoms with Gasteiger partial charge in [0.05, 0.1) is 40.5 Å². The Bertz CT molecular complexity index is 1970. The SMILES string of the molecule is COc1cc(N2CCC(N(C)C)CC2)c(C)cc1Nc1nc(Nc2ccc3nccnc3c2N(C)S(C)(=O)=O)c2sccc2n1. The van der Waals surface area contributed by atoms with Crippen LogP contribution < -0.4 is 24.6 Å². The van der Waals surface area contributed by atoms with Crippen molar-refractivity contribution in [1.29, 1.82) is 0 Å². The van der Waals surface area contributed by atoms with Crippen LogP contribution >= 0.6 is 11.3 Å². The third-order valence-electron chi connectivity index (χ3n) is 8.28. The van der Waals surface area contributed by atoms with Crippen molar-refractivity contribution < 1.29 is 13.2 Å². The minimum absolute atomic E-state index is 0.374. The van der Waals surface area contributed by atoms with E-state index in [1.54, 1.807) is 31.6 Å². The summed E-state index contributed by atoms with van der Waals surface area (Å²) < 4.78 is 33.2. The van der Waals surface area contributed by atoms with Crippen LogP contribution in [0, 0.1) is 6.92 Å². The van der Waals surface area contributed by atoms with Gasteiger partial charge in [0.2, 0.25) is 16.0 Å². The number of aryl methyl sites for hydroxylation is 1. The van der Waals surface area contributed by atoms with Crippen molar-refractivity contribution >= 4 is 77.1 Å². The highest BCUT2D eigenvalue weighted by Crippen LogP contribution is 2.39. The zero-order valence-corrected chi connectivity index (χ0v) is 27.8. The van der Waals surface area contributed by atoms with Gasteiger partial charge in [0, 0.05) is 50.3 Å². The molecule has 0 unspecified atom stereocenters. The second-order valence-corrected chi connectivity index (χ2v) is 14.3.